The number of ether oxygens (including phenoxy) is 2. The number of carbonyl (C=O) groups excluding carboxylic acids is 2. The van der Waals surface area contributed by atoms with Gasteiger partial charge in [0.1, 0.15) is 6.61 Å². The van der Waals surface area contributed by atoms with Crippen LogP contribution in [-0.4, -0.2) is 34.3 Å². The molecule has 148 valence electrons. The van der Waals surface area contributed by atoms with Crippen LogP contribution in [0.1, 0.15) is 21.7 Å². The highest BCUT2D eigenvalue weighted by Crippen LogP contribution is 2.30. The van der Waals surface area contributed by atoms with E-state index in [0.717, 1.165) is 17.1 Å². The molecule has 0 bridgehead atoms. The molecule has 4 rings (SSSR count). The SMILES string of the molecule is Cc1cc(C)n(-c2ccc(C(=O)NNC(=O)[C@@H]3COc4ccccc4O3)cc2)n1. The zero-order valence-electron chi connectivity index (χ0n) is 16.0. The van der Waals surface area contributed by atoms with Crippen molar-refractivity contribution in [2.24, 2.45) is 0 Å². The second kappa shape index (κ2) is 7.67. The summed E-state index contributed by atoms with van der Waals surface area (Å²) in [6.07, 6.45) is -0.849. The molecule has 0 spiro atoms. The maximum absolute atomic E-state index is 12.3. The lowest BCUT2D eigenvalue weighted by Crippen LogP contribution is -2.50. The lowest BCUT2D eigenvalue weighted by molar-refractivity contribution is -0.131. The van der Waals surface area contributed by atoms with E-state index in [-0.39, 0.29) is 6.61 Å². The number of amides is 2. The Bertz CT molecular complexity index is 1060. The van der Waals surface area contributed by atoms with Gasteiger partial charge in [-0.25, -0.2) is 4.68 Å². The molecule has 1 aliphatic rings. The zero-order chi connectivity index (χ0) is 20.4. The Balaban J connectivity index is 1.35. The Morgan fingerprint density at radius 3 is 2.45 bits per heavy atom. The highest BCUT2D eigenvalue weighted by atomic mass is 16.6. The standard InChI is InChI=1S/C21H20N4O4/c1-13-11-14(2)25(24-13)16-9-7-15(8-10-16)20(26)22-23-21(27)19-12-28-17-5-3-4-6-18(17)29-19/h3-11,19H,12H2,1-2H3,(H,22,26)(H,23,27)/t19-/m0/s1. The maximum Gasteiger partial charge on any atom is 0.283 e. The van der Waals surface area contributed by atoms with E-state index < -0.39 is 17.9 Å². The van der Waals surface area contributed by atoms with E-state index in [1.165, 1.54) is 0 Å². The second-order valence-electron chi connectivity index (χ2n) is 6.69. The van der Waals surface area contributed by atoms with Gasteiger partial charge in [0, 0.05) is 11.3 Å². The molecule has 2 amide bonds. The van der Waals surface area contributed by atoms with Crippen LogP contribution in [0.5, 0.6) is 11.5 Å². The third kappa shape index (κ3) is 3.91. The van der Waals surface area contributed by atoms with Gasteiger partial charge in [0.25, 0.3) is 11.8 Å². The van der Waals surface area contributed by atoms with Crippen LogP contribution in [0.4, 0.5) is 0 Å². The van der Waals surface area contributed by atoms with E-state index in [1.807, 2.05) is 26.0 Å². The van der Waals surface area contributed by atoms with Crippen molar-refractivity contribution in [1.82, 2.24) is 20.6 Å². The van der Waals surface area contributed by atoms with Crippen LogP contribution in [-0.2, 0) is 4.79 Å². The quantitative estimate of drug-likeness (QED) is 0.666. The van der Waals surface area contributed by atoms with Gasteiger partial charge in [-0.05, 0) is 56.3 Å². The number of fused-ring (bicyclic) bond motifs is 1. The lowest BCUT2D eigenvalue weighted by atomic mass is 10.2. The number of hydrogen-bond acceptors (Lipinski definition) is 5. The number of nitrogens with one attached hydrogen (secondary N) is 2. The van der Waals surface area contributed by atoms with Gasteiger partial charge in [0.2, 0.25) is 6.10 Å². The van der Waals surface area contributed by atoms with Crippen molar-refractivity contribution in [2.45, 2.75) is 20.0 Å². The van der Waals surface area contributed by atoms with Gasteiger partial charge >= 0.3 is 0 Å². The Kier molecular flexibility index (Phi) is 4.90. The summed E-state index contributed by atoms with van der Waals surface area (Å²) in [5.41, 5.74) is 7.95. The average molecular weight is 392 g/mol. The van der Waals surface area contributed by atoms with Crippen LogP contribution in [0.25, 0.3) is 5.69 Å². The highest BCUT2D eigenvalue weighted by Gasteiger charge is 2.27. The average Bonchev–Trinajstić information content (AvgIpc) is 3.09. The van der Waals surface area contributed by atoms with E-state index in [9.17, 15) is 9.59 Å². The van der Waals surface area contributed by atoms with Crippen LogP contribution < -0.4 is 20.3 Å². The molecule has 0 radical (unpaired) electrons. The number of aryl methyl sites for hydroxylation is 2. The van der Waals surface area contributed by atoms with Gasteiger partial charge in [0.05, 0.1) is 11.4 Å². The number of nitrogens with zero attached hydrogens (tertiary/aromatic N) is 2. The van der Waals surface area contributed by atoms with Gasteiger partial charge in [-0.3, -0.25) is 20.4 Å². The van der Waals surface area contributed by atoms with Crippen LogP contribution in [0.15, 0.2) is 54.6 Å². The van der Waals surface area contributed by atoms with E-state index in [0.29, 0.717) is 17.1 Å². The van der Waals surface area contributed by atoms with Gasteiger partial charge in [-0.15, -0.1) is 0 Å². The van der Waals surface area contributed by atoms with Crippen molar-refractivity contribution in [3.05, 3.63) is 71.5 Å². The molecule has 0 aliphatic carbocycles. The van der Waals surface area contributed by atoms with Crippen LogP contribution >= 0.6 is 0 Å². The van der Waals surface area contributed by atoms with Crippen molar-refractivity contribution >= 4 is 11.8 Å². The molecule has 8 nitrogen and oxygen atoms in total. The summed E-state index contributed by atoms with van der Waals surface area (Å²) < 4.78 is 12.9. The normalized spacial score (nSPS) is 14.9. The first-order valence-electron chi connectivity index (χ1n) is 9.13. The van der Waals surface area contributed by atoms with E-state index in [1.54, 1.807) is 47.1 Å². The summed E-state index contributed by atoms with van der Waals surface area (Å²) in [7, 11) is 0. The molecule has 1 aliphatic heterocycles. The van der Waals surface area contributed by atoms with Gasteiger partial charge < -0.3 is 9.47 Å². The molecule has 2 heterocycles. The van der Waals surface area contributed by atoms with Crippen LogP contribution in [0, 0.1) is 13.8 Å². The second-order valence-corrected chi connectivity index (χ2v) is 6.69. The molecule has 1 atom stereocenters. The molecule has 3 aromatic rings. The molecule has 29 heavy (non-hydrogen) atoms. The summed E-state index contributed by atoms with van der Waals surface area (Å²) in [6.45, 7) is 3.95. The van der Waals surface area contributed by atoms with Crippen molar-refractivity contribution in [3.63, 3.8) is 0 Å². The minimum absolute atomic E-state index is 0.0655. The first-order valence-corrected chi connectivity index (χ1v) is 9.13. The highest BCUT2D eigenvalue weighted by molar-refractivity contribution is 5.96. The first-order chi connectivity index (χ1) is 14.0. The molecular weight excluding hydrogens is 372 g/mol. The number of benzene rings is 2. The summed E-state index contributed by atoms with van der Waals surface area (Å²) in [5.74, 6) is 0.149. The number of carbonyl (C=O) groups is 2. The van der Waals surface area contributed by atoms with Crippen molar-refractivity contribution in [1.29, 1.82) is 0 Å². The third-order valence-corrected chi connectivity index (χ3v) is 4.48. The fourth-order valence-electron chi connectivity index (χ4n) is 3.06. The molecular formula is C21H20N4O4. The summed E-state index contributed by atoms with van der Waals surface area (Å²) in [4.78, 5) is 24.6. The zero-order valence-corrected chi connectivity index (χ0v) is 16.0. The van der Waals surface area contributed by atoms with E-state index in [4.69, 9.17) is 9.47 Å². The van der Waals surface area contributed by atoms with Crippen LogP contribution in [0.3, 0.4) is 0 Å². The first kappa shape index (κ1) is 18.5. The predicted octanol–water partition coefficient (Wildman–Crippen LogP) is 2.09. The van der Waals surface area contributed by atoms with Crippen LogP contribution in [0.2, 0.25) is 0 Å². The van der Waals surface area contributed by atoms with Crippen molar-refractivity contribution in [2.75, 3.05) is 6.61 Å². The molecule has 2 aromatic carbocycles. The van der Waals surface area contributed by atoms with Crippen molar-refractivity contribution in [3.8, 4) is 17.2 Å². The molecule has 1 aromatic heterocycles. The fourth-order valence-corrected chi connectivity index (χ4v) is 3.06. The van der Waals surface area contributed by atoms with Crippen molar-refractivity contribution < 1.29 is 19.1 Å². The topological polar surface area (TPSA) is 94.5 Å². The minimum Gasteiger partial charge on any atom is -0.485 e. The maximum atomic E-state index is 12.3. The smallest absolute Gasteiger partial charge is 0.283 e. The lowest BCUT2D eigenvalue weighted by Gasteiger charge is -2.25. The monoisotopic (exact) mass is 392 g/mol. The van der Waals surface area contributed by atoms with Gasteiger partial charge in [-0.2, -0.15) is 5.10 Å². The summed E-state index contributed by atoms with van der Waals surface area (Å²) in [5, 5.41) is 4.42. The third-order valence-electron chi connectivity index (χ3n) is 4.48. The number of para-hydroxylation sites is 2. The summed E-state index contributed by atoms with van der Waals surface area (Å²) >= 11 is 0. The molecule has 0 fully saturated rings. The Labute approximate surface area is 167 Å². The van der Waals surface area contributed by atoms with E-state index >= 15 is 0 Å². The number of aromatic nitrogens is 2. The molecule has 8 heteroatoms. The Hall–Kier alpha value is -3.81. The number of hydrazine groups is 1. The number of hydrogen-bond donors (Lipinski definition) is 2. The Morgan fingerprint density at radius 1 is 1.03 bits per heavy atom. The van der Waals surface area contributed by atoms with E-state index in [2.05, 4.69) is 16.0 Å². The molecule has 0 unspecified atom stereocenters. The minimum atomic E-state index is -0.849. The van der Waals surface area contributed by atoms with Gasteiger partial charge in [0.15, 0.2) is 11.5 Å². The Morgan fingerprint density at radius 2 is 1.76 bits per heavy atom. The number of rotatable bonds is 3. The largest absolute Gasteiger partial charge is 0.485 e. The predicted molar refractivity (Wildman–Crippen MR) is 105 cm³/mol. The van der Waals surface area contributed by atoms with Gasteiger partial charge in [-0.1, -0.05) is 12.1 Å². The molecule has 0 saturated heterocycles. The molecule has 2 N–H and O–H groups in total. The fraction of sp³-hybridized carbons (Fsp3) is 0.190. The summed E-state index contributed by atoms with van der Waals surface area (Å²) in [6, 6.07) is 16.0. The molecule has 0 saturated carbocycles.